The molecule has 0 fully saturated rings. The van der Waals surface area contributed by atoms with E-state index in [4.69, 9.17) is 10.8 Å². The lowest BCUT2D eigenvalue weighted by Crippen LogP contribution is -2.41. The second kappa shape index (κ2) is 18.5. The highest BCUT2D eigenvalue weighted by molar-refractivity contribution is 7.99. The number of carboxylic acid groups (broad SMARTS) is 1. The zero-order chi connectivity index (χ0) is 25.9. The van der Waals surface area contributed by atoms with Gasteiger partial charge in [-0.25, -0.2) is 4.79 Å². The van der Waals surface area contributed by atoms with E-state index >= 15 is 0 Å². The third-order valence-electron chi connectivity index (χ3n) is 4.58. The van der Waals surface area contributed by atoms with Crippen LogP contribution < -0.4 is 11.1 Å². The maximum absolute atomic E-state index is 11.0. The van der Waals surface area contributed by atoms with Gasteiger partial charge >= 0.3 is 5.97 Å². The number of aliphatic carboxylic acids is 1. The van der Waals surface area contributed by atoms with Crippen molar-refractivity contribution in [2.75, 3.05) is 11.5 Å². The van der Waals surface area contributed by atoms with Crippen LogP contribution in [0.15, 0.2) is 59.5 Å². The summed E-state index contributed by atoms with van der Waals surface area (Å²) in [6.45, 7) is 9.87. The minimum Gasteiger partial charge on any atom is -0.480 e. The number of carbonyl (C=O) groups is 3. The van der Waals surface area contributed by atoms with E-state index in [1.165, 1.54) is 41.6 Å². The molecule has 1 rings (SSSR count). The van der Waals surface area contributed by atoms with Crippen molar-refractivity contribution in [3.63, 3.8) is 0 Å². The number of aromatic nitrogens is 1. The number of hydrogen-bond acceptors (Lipinski definition) is 5. The predicted molar refractivity (Wildman–Crippen MR) is 141 cm³/mol. The fourth-order valence-electron chi connectivity index (χ4n) is 2.65. The van der Waals surface area contributed by atoms with Crippen LogP contribution in [0.3, 0.4) is 0 Å². The monoisotopic (exact) mass is 489 g/mol. The highest BCUT2D eigenvalue weighted by Gasteiger charge is 2.17. The number of carboxylic acids is 1. The summed E-state index contributed by atoms with van der Waals surface area (Å²) in [6, 6.07) is 2.47. The predicted octanol–water partition coefficient (Wildman–Crippen LogP) is 4.91. The van der Waals surface area contributed by atoms with Crippen LogP contribution in [0.25, 0.3) is 0 Å². The SMILES string of the molecule is CC(=O)N[C@@H](CSC/C=C(\C)CC/C=C(\C)CCC=C(C)C)C(=O)O.NC(=O)c1cccnc1. The number of amides is 2. The molecular weight excluding hydrogens is 450 g/mol. The number of rotatable bonds is 13. The van der Waals surface area contributed by atoms with Gasteiger partial charge in [0.1, 0.15) is 6.04 Å². The number of nitrogens with zero attached hydrogens (tertiary/aromatic N) is 1. The van der Waals surface area contributed by atoms with Crippen LogP contribution in [-0.4, -0.2) is 45.4 Å². The van der Waals surface area contributed by atoms with Crippen LogP contribution >= 0.6 is 11.8 Å². The molecule has 1 atom stereocenters. The van der Waals surface area contributed by atoms with E-state index in [1.807, 2.05) is 0 Å². The first-order chi connectivity index (χ1) is 16.0. The standard InChI is InChI=1S/C20H33NO3S.C6H6N2O/c1-15(2)8-6-9-16(3)10-7-11-17(4)12-13-25-14-19(20(23)24)21-18(5)22;7-6(9)5-2-1-3-8-4-5/h8,10,12,19H,6-7,9,11,13-14H2,1-5H3,(H,21,22)(H,23,24);1-4H,(H2,7,9)/b16-10+,17-12+;/t19-;/m0./s1. The fourth-order valence-corrected chi connectivity index (χ4v) is 3.65. The maximum atomic E-state index is 11.0. The van der Waals surface area contributed by atoms with Crippen LogP contribution in [0.5, 0.6) is 0 Å². The summed E-state index contributed by atoms with van der Waals surface area (Å²) in [5, 5.41) is 11.5. The lowest BCUT2D eigenvalue weighted by atomic mass is 10.1. The lowest BCUT2D eigenvalue weighted by molar-refractivity contribution is -0.140. The summed E-state index contributed by atoms with van der Waals surface area (Å²) in [4.78, 5) is 36.1. The smallest absolute Gasteiger partial charge is 0.327 e. The van der Waals surface area contributed by atoms with Crippen molar-refractivity contribution in [1.29, 1.82) is 0 Å². The van der Waals surface area contributed by atoms with Crippen molar-refractivity contribution in [3.05, 3.63) is 65.0 Å². The summed E-state index contributed by atoms with van der Waals surface area (Å²) in [5.41, 5.74) is 9.49. The van der Waals surface area contributed by atoms with Crippen LogP contribution in [0.2, 0.25) is 0 Å². The average molecular weight is 490 g/mol. The molecule has 1 aromatic rings. The van der Waals surface area contributed by atoms with Crippen molar-refractivity contribution in [1.82, 2.24) is 10.3 Å². The van der Waals surface area contributed by atoms with E-state index in [9.17, 15) is 14.4 Å². The van der Waals surface area contributed by atoms with E-state index in [0.717, 1.165) is 31.4 Å². The summed E-state index contributed by atoms with van der Waals surface area (Å²) in [5.74, 6) is -0.604. The van der Waals surface area contributed by atoms with E-state index in [0.29, 0.717) is 11.3 Å². The number of hydrogen-bond donors (Lipinski definition) is 3. The Kier molecular flexibility index (Phi) is 17.0. The molecule has 0 spiro atoms. The number of nitrogens with one attached hydrogen (secondary N) is 1. The zero-order valence-corrected chi connectivity index (χ0v) is 21.8. The van der Waals surface area contributed by atoms with Gasteiger partial charge in [0.05, 0.1) is 5.56 Å². The molecule has 0 bridgehead atoms. The minimum atomic E-state index is -0.989. The molecule has 0 unspecified atom stereocenters. The zero-order valence-electron chi connectivity index (χ0n) is 21.0. The van der Waals surface area contributed by atoms with E-state index in [2.05, 4.69) is 56.2 Å². The molecular formula is C26H39N3O4S. The number of pyridine rings is 1. The van der Waals surface area contributed by atoms with Gasteiger partial charge in [0.25, 0.3) is 0 Å². The molecule has 1 aromatic heterocycles. The van der Waals surface area contributed by atoms with Crippen molar-refractivity contribution in [2.45, 2.75) is 66.3 Å². The number of nitrogens with two attached hydrogens (primary N) is 1. The summed E-state index contributed by atoms with van der Waals surface area (Å²) >= 11 is 1.52. The Morgan fingerprint density at radius 1 is 1.06 bits per heavy atom. The van der Waals surface area contributed by atoms with Gasteiger partial charge in [-0.3, -0.25) is 14.6 Å². The average Bonchev–Trinajstić information content (AvgIpc) is 2.76. The normalized spacial score (nSPS) is 12.1. The number of carbonyl (C=O) groups excluding carboxylic acids is 2. The second-order valence-electron chi connectivity index (χ2n) is 8.19. The molecule has 1 heterocycles. The number of thioether (sulfide) groups is 1. The van der Waals surface area contributed by atoms with Crippen molar-refractivity contribution in [3.8, 4) is 0 Å². The maximum Gasteiger partial charge on any atom is 0.327 e. The number of primary amides is 1. The summed E-state index contributed by atoms with van der Waals surface area (Å²) in [6.07, 6.45) is 14.0. The molecule has 0 aliphatic carbocycles. The van der Waals surface area contributed by atoms with Gasteiger partial charge in [-0.1, -0.05) is 34.9 Å². The van der Waals surface area contributed by atoms with E-state index < -0.39 is 17.9 Å². The highest BCUT2D eigenvalue weighted by Crippen LogP contribution is 2.13. The van der Waals surface area contributed by atoms with Gasteiger partial charge < -0.3 is 16.2 Å². The van der Waals surface area contributed by atoms with Crippen LogP contribution in [0.1, 0.15) is 70.7 Å². The molecule has 0 aliphatic heterocycles. The summed E-state index contributed by atoms with van der Waals surface area (Å²) in [7, 11) is 0. The summed E-state index contributed by atoms with van der Waals surface area (Å²) < 4.78 is 0. The van der Waals surface area contributed by atoms with E-state index in [1.54, 1.807) is 18.3 Å². The Morgan fingerprint density at radius 3 is 2.15 bits per heavy atom. The molecule has 0 aliphatic rings. The largest absolute Gasteiger partial charge is 0.480 e. The van der Waals surface area contributed by atoms with Gasteiger partial charge in [-0.15, -0.1) is 0 Å². The third kappa shape index (κ3) is 17.7. The van der Waals surface area contributed by atoms with Crippen LogP contribution in [-0.2, 0) is 9.59 Å². The molecule has 188 valence electrons. The highest BCUT2D eigenvalue weighted by atomic mass is 32.2. The third-order valence-corrected chi connectivity index (χ3v) is 5.55. The van der Waals surface area contributed by atoms with Crippen molar-refractivity contribution < 1.29 is 19.5 Å². The molecule has 34 heavy (non-hydrogen) atoms. The first-order valence-corrected chi connectivity index (χ1v) is 12.4. The quantitative estimate of drug-likeness (QED) is 0.267. The van der Waals surface area contributed by atoms with Gasteiger partial charge in [0.2, 0.25) is 11.8 Å². The molecule has 0 aromatic carbocycles. The second-order valence-corrected chi connectivity index (χ2v) is 9.27. The molecule has 7 nitrogen and oxygen atoms in total. The van der Waals surface area contributed by atoms with Crippen LogP contribution in [0.4, 0.5) is 0 Å². The first-order valence-electron chi connectivity index (χ1n) is 11.2. The fraction of sp³-hybridized carbons (Fsp3) is 0.462. The molecule has 0 saturated carbocycles. The molecule has 0 saturated heterocycles. The number of allylic oxidation sites excluding steroid dienone is 5. The van der Waals surface area contributed by atoms with Crippen LogP contribution in [0, 0.1) is 0 Å². The van der Waals surface area contributed by atoms with Gasteiger partial charge in [0, 0.05) is 30.8 Å². The topological polar surface area (TPSA) is 122 Å². The Hall–Kier alpha value is -2.87. The lowest BCUT2D eigenvalue weighted by Gasteiger charge is -2.12. The van der Waals surface area contributed by atoms with Gasteiger partial charge in [0.15, 0.2) is 0 Å². The Bertz CT molecular complexity index is 860. The Labute approximate surface area is 208 Å². The molecule has 4 N–H and O–H groups in total. The first kappa shape index (κ1) is 31.1. The van der Waals surface area contributed by atoms with Crippen molar-refractivity contribution in [2.24, 2.45) is 5.73 Å². The van der Waals surface area contributed by atoms with E-state index in [-0.39, 0.29) is 5.91 Å². The molecule has 2 amide bonds. The van der Waals surface area contributed by atoms with Gasteiger partial charge in [-0.05, 0) is 65.5 Å². The molecule has 8 heteroatoms. The Morgan fingerprint density at radius 2 is 1.68 bits per heavy atom. The molecule has 0 radical (unpaired) electrons. The van der Waals surface area contributed by atoms with Gasteiger partial charge in [-0.2, -0.15) is 11.8 Å². The Balaban J connectivity index is 0.000000999. The minimum absolute atomic E-state index is 0.313. The van der Waals surface area contributed by atoms with Crippen molar-refractivity contribution >= 4 is 29.5 Å².